The predicted molar refractivity (Wildman–Crippen MR) is 234 cm³/mol. The van der Waals surface area contributed by atoms with Gasteiger partial charge in [-0.1, -0.05) is 141 Å². The molecule has 2 heteroatoms. The Labute approximate surface area is 326 Å². The molecular formula is C54H36N2. The van der Waals surface area contributed by atoms with E-state index in [2.05, 4.69) is 194 Å². The first-order chi connectivity index (χ1) is 27.5. The lowest BCUT2D eigenvalue weighted by Crippen LogP contribution is -2.14. The average molecular weight is 713 g/mol. The maximum Gasteiger partial charge on any atom is 0.0787 e. The molecule has 0 fully saturated rings. The van der Waals surface area contributed by atoms with Gasteiger partial charge >= 0.3 is 0 Å². The van der Waals surface area contributed by atoms with E-state index in [1.165, 1.54) is 99.3 Å². The Morgan fingerprint density at radius 2 is 1.02 bits per heavy atom. The summed E-state index contributed by atoms with van der Waals surface area (Å²) in [4.78, 5) is 5.12. The highest BCUT2D eigenvalue weighted by molar-refractivity contribution is 6.18. The van der Waals surface area contributed by atoms with Gasteiger partial charge < -0.3 is 4.57 Å². The quantitative estimate of drug-likeness (QED) is 0.178. The minimum atomic E-state index is -0.0502. The molecule has 2 aliphatic rings. The fraction of sp³-hybridized carbons (Fsp3) is 0.0556. The van der Waals surface area contributed by atoms with Crippen LogP contribution in [0.25, 0.3) is 105 Å². The molecule has 2 aromatic heterocycles. The number of fused-ring (bicyclic) bond motifs is 9. The van der Waals surface area contributed by atoms with Gasteiger partial charge in [0.05, 0.1) is 16.7 Å². The van der Waals surface area contributed by atoms with Gasteiger partial charge in [0.1, 0.15) is 0 Å². The van der Waals surface area contributed by atoms with Gasteiger partial charge in [-0.25, -0.2) is 0 Å². The second-order valence-electron chi connectivity index (χ2n) is 15.9. The molecule has 12 rings (SSSR count). The van der Waals surface area contributed by atoms with Gasteiger partial charge in [0, 0.05) is 50.0 Å². The molecule has 0 unspecified atom stereocenters. The van der Waals surface area contributed by atoms with Crippen LogP contribution in [0.15, 0.2) is 182 Å². The first kappa shape index (κ1) is 31.3. The Kier molecular flexibility index (Phi) is 6.43. The molecule has 2 heterocycles. The van der Waals surface area contributed by atoms with Crippen LogP contribution in [0.2, 0.25) is 0 Å². The smallest absolute Gasteiger partial charge is 0.0787 e. The van der Waals surface area contributed by atoms with Crippen LogP contribution in [0.1, 0.15) is 25.0 Å². The number of aromatic nitrogens is 2. The van der Waals surface area contributed by atoms with E-state index < -0.39 is 0 Å². The molecule has 0 bridgehead atoms. The summed E-state index contributed by atoms with van der Waals surface area (Å²) < 4.78 is 2.41. The largest absolute Gasteiger partial charge is 0.309 e. The zero-order chi connectivity index (χ0) is 37.1. The van der Waals surface area contributed by atoms with Crippen LogP contribution in [-0.4, -0.2) is 9.55 Å². The third-order valence-electron chi connectivity index (χ3n) is 12.6. The van der Waals surface area contributed by atoms with Crippen LogP contribution in [-0.2, 0) is 5.41 Å². The van der Waals surface area contributed by atoms with E-state index in [0.29, 0.717) is 0 Å². The summed E-state index contributed by atoms with van der Waals surface area (Å²) in [7, 11) is 0. The van der Waals surface area contributed by atoms with Crippen molar-refractivity contribution in [1.29, 1.82) is 0 Å². The van der Waals surface area contributed by atoms with Crippen LogP contribution >= 0.6 is 0 Å². The summed E-state index contributed by atoms with van der Waals surface area (Å²) in [5.41, 5.74) is 21.1. The molecule has 10 aromatic rings. The summed E-state index contributed by atoms with van der Waals surface area (Å²) in [6.45, 7) is 4.71. The number of benzene rings is 8. The monoisotopic (exact) mass is 712 g/mol. The van der Waals surface area contributed by atoms with Crippen LogP contribution in [0.4, 0.5) is 0 Å². The summed E-state index contributed by atoms with van der Waals surface area (Å²) >= 11 is 0. The molecule has 0 amide bonds. The number of hydrogen-bond acceptors (Lipinski definition) is 1. The Morgan fingerprint density at radius 1 is 0.429 bits per heavy atom. The van der Waals surface area contributed by atoms with Gasteiger partial charge in [0.2, 0.25) is 0 Å². The number of hydrogen-bond donors (Lipinski definition) is 0. The second-order valence-corrected chi connectivity index (χ2v) is 15.9. The van der Waals surface area contributed by atoms with E-state index in [9.17, 15) is 0 Å². The van der Waals surface area contributed by atoms with Crippen molar-refractivity contribution in [3.63, 3.8) is 0 Å². The van der Waals surface area contributed by atoms with Gasteiger partial charge in [0.25, 0.3) is 0 Å². The van der Waals surface area contributed by atoms with Crippen molar-refractivity contribution in [3.8, 4) is 72.6 Å². The molecule has 262 valence electrons. The maximum atomic E-state index is 5.12. The van der Waals surface area contributed by atoms with Crippen molar-refractivity contribution < 1.29 is 0 Å². The standard InChI is InChI=1S/C54H36N2/c1-54(2)47-21-9-8-18-41(47)42-25-22-36(31-48(42)54)35-24-27-50-46(30-35)45-29-34(23-26-49(45)56(50)39-15-4-3-5-16-39)33-12-10-13-37(28-33)53-52-44-19-7-6-17-40(44)43-20-11-14-38(32-55-53)51(43)52/h3-32H,1-2H3. The van der Waals surface area contributed by atoms with Crippen LogP contribution < -0.4 is 0 Å². The molecule has 2 nitrogen and oxygen atoms in total. The summed E-state index contributed by atoms with van der Waals surface area (Å²) in [5.74, 6) is 0. The molecule has 56 heavy (non-hydrogen) atoms. The summed E-state index contributed by atoms with van der Waals surface area (Å²) in [6, 6.07) is 64.9. The molecule has 0 spiro atoms. The Hall–Kier alpha value is -7.03. The molecule has 0 saturated carbocycles. The number of nitrogens with zero attached hydrogens (tertiary/aromatic N) is 2. The second kappa shape index (κ2) is 11.5. The summed E-state index contributed by atoms with van der Waals surface area (Å²) in [6.07, 6.45) is 2.04. The van der Waals surface area contributed by atoms with Crippen molar-refractivity contribution in [2.45, 2.75) is 19.3 Å². The van der Waals surface area contributed by atoms with Crippen molar-refractivity contribution >= 4 is 32.6 Å². The SMILES string of the molecule is CC1(C)c2ccccc2-c2ccc(-c3ccc4c(c3)c3cc(-c5cccc(-c6ncc7cccc8c7c6-c6ccccc6-8)c5)ccc3n4-c3ccccc3)cc21. The Morgan fingerprint density at radius 3 is 1.80 bits per heavy atom. The third-order valence-corrected chi connectivity index (χ3v) is 12.6. The number of para-hydroxylation sites is 1. The molecule has 0 radical (unpaired) electrons. The van der Waals surface area contributed by atoms with Crippen LogP contribution in [0.5, 0.6) is 0 Å². The normalized spacial score (nSPS) is 13.3. The van der Waals surface area contributed by atoms with Crippen molar-refractivity contribution in [3.05, 3.63) is 193 Å². The molecule has 0 aliphatic heterocycles. The number of rotatable bonds is 4. The highest BCUT2D eigenvalue weighted by atomic mass is 15.0. The van der Waals surface area contributed by atoms with Crippen LogP contribution in [0, 0.1) is 0 Å². The molecule has 0 atom stereocenters. The fourth-order valence-corrected chi connectivity index (χ4v) is 9.88. The lowest BCUT2D eigenvalue weighted by Gasteiger charge is -2.22. The number of pyridine rings is 1. The molecule has 0 saturated heterocycles. The lowest BCUT2D eigenvalue weighted by atomic mass is 9.81. The van der Waals surface area contributed by atoms with E-state index in [1.807, 2.05) is 6.20 Å². The van der Waals surface area contributed by atoms with Crippen molar-refractivity contribution in [1.82, 2.24) is 9.55 Å². The van der Waals surface area contributed by atoms with Gasteiger partial charge in [-0.05, 0) is 110 Å². The zero-order valence-corrected chi connectivity index (χ0v) is 31.2. The van der Waals surface area contributed by atoms with Gasteiger partial charge in [-0.2, -0.15) is 0 Å². The maximum absolute atomic E-state index is 5.12. The first-order valence-electron chi connectivity index (χ1n) is 19.5. The van der Waals surface area contributed by atoms with E-state index >= 15 is 0 Å². The molecule has 8 aromatic carbocycles. The third kappa shape index (κ3) is 4.36. The topological polar surface area (TPSA) is 17.8 Å². The molecule has 0 N–H and O–H groups in total. The minimum absolute atomic E-state index is 0.0502. The lowest BCUT2D eigenvalue weighted by molar-refractivity contribution is 0.660. The summed E-state index contributed by atoms with van der Waals surface area (Å²) in [5, 5.41) is 4.97. The van der Waals surface area contributed by atoms with Gasteiger partial charge in [0.15, 0.2) is 0 Å². The minimum Gasteiger partial charge on any atom is -0.309 e. The van der Waals surface area contributed by atoms with E-state index in [4.69, 9.17) is 4.98 Å². The Bertz CT molecular complexity index is 3270. The molecule has 2 aliphatic carbocycles. The first-order valence-corrected chi connectivity index (χ1v) is 19.5. The van der Waals surface area contributed by atoms with Crippen molar-refractivity contribution in [2.24, 2.45) is 0 Å². The predicted octanol–water partition coefficient (Wildman–Crippen LogP) is 14.3. The highest BCUT2D eigenvalue weighted by Crippen LogP contribution is 2.51. The van der Waals surface area contributed by atoms with Crippen LogP contribution in [0.3, 0.4) is 0 Å². The average Bonchev–Trinajstić information content (AvgIpc) is 3.85. The van der Waals surface area contributed by atoms with Gasteiger partial charge in [-0.15, -0.1) is 0 Å². The zero-order valence-electron chi connectivity index (χ0n) is 31.2. The van der Waals surface area contributed by atoms with E-state index in [0.717, 1.165) is 16.9 Å². The van der Waals surface area contributed by atoms with Gasteiger partial charge in [-0.3, -0.25) is 4.98 Å². The van der Waals surface area contributed by atoms with Crippen molar-refractivity contribution in [2.75, 3.05) is 0 Å². The van der Waals surface area contributed by atoms with E-state index in [-0.39, 0.29) is 5.41 Å². The Balaban J connectivity index is 1.02. The fourth-order valence-electron chi connectivity index (χ4n) is 9.88. The van der Waals surface area contributed by atoms with E-state index in [1.54, 1.807) is 0 Å². The highest BCUT2D eigenvalue weighted by Gasteiger charge is 2.35. The molecular weight excluding hydrogens is 677 g/mol.